The van der Waals surface area contributed by atoms with Crippen LogP contribution in [0.3, 0.4) is 0 Å². The maximum absolute atomic E-state index is 12.3. The van der Waals surface area contributed by atoms with Crippen LogP contribution in [0, 0.1) is 0 Å². The Morgan fingerprint density at radius 3 is 2.29 bits per heavy atom. The van der Waals surface area contributed by atoms with E-state index in [-0.39, 0.29) is 0 Å². The molecule has 0 aromatic heterocycles. The normalized spacial score (nSPS) is 11.2. The lowest BCUT2D eigenvalue weighted by Gasteiger charge is -2.27. The molecule has 1 rings (SSSR count). The summed E-state index contributed by atoms with van der Waals surface area (Å²) in [5, 5.41) is 11.1. The molecule has 1 aromatic carbocycles. The van der Waals surface area contributed by atoms with Gasteiger partial charge in [0.1, 0.15) is 5.60 Å². The molecule has 0 saturated heterocycles. The van der Waals surface area contributed by atoms with E-state index in [0.717, 1.165) is 25.7 Å². The van der Waals surface area contributed by atoms with Crippen LogP contribution in [-0.4, -0.2) is 16.6 Å². The van der Waals surface area contributed by atoms with Crippen LogP contribution in [0.4, 0.5) is 5.69 Å². The van der Waals surface area contributed by atoms with Crippen LogP contribution in [0.5, 0.6) is 0 Å². The molecule has 0 aliphatic carbocycles. The fourth-order valence-corrected chi connectivity index (χ4v) is 2.28. The molecule has 0 atom stereocenters. The van der Waals surface area contributed by atoms with Crippen molar-refractivity contribution in [3.8, 4) is 0 Å². The fourth-order valence-electron chi connectivity index (χ4n) is 2.09. The van der Waals surface area contributed by atoms with Gasteiger partial charge >= 0.3 is 0 Å². The van der Waals surface area contributed by atoms with Gasteiger partial charge in [-0.2, -0.15) is 0 Å². The quantitative estimate of drug-likeness (QED) is 0.606. The first-order chi connectivity index (χ1) is 10.0. The van der Waals surface area contributed by atoms with Gasteiger partial charge in [-0.3, -0.25) is 15.6 Å². The molecule has 0 heterocycles. The zero-order chi connectivity index (χ0) is 15.7. The van der Waals surface area contributed by atoms with Crippen LogP contribution in [0.2, 0.25) is 5.02 Å². The van der Waals surface area contributed by atoms with E-state index in [0.29, 0.717) is 23.6 Å². The van der Waals surface area contributed by atoms with Gasteiger partial charge in [-0.05, 0) is 25.0 Å². The van der Waals surface area contributed by atoms with E-state index in [1.807, 2.05) is 26.0 Å². The Balaban J connectivity index is 2.65. The van der Waals surface area contributed by atoms with Crippen molar-refractivity contribution < 1.29 is 9.90 Å². The number of carbonyl (C=O) groups excluding carboxylic acids is 1. The van der Waals surface area contributed by atoms with Crippen molar-refractivity contribution in [3.05, 3.63) is 29.3 Å². The maximum Gasteiger partial charge on any atom is 0.270 e. The van der Waals surface area contributed by atoms with Crippen molar-refractivity contribution in [2.24, 2.45) is 0 Å². The predicted molar refractivity (Wildman–Crippen MR) is 87.2 cm³/mol. The van der Waals surface area contributed by atoms with Crippen LogP contribution in [0.25, 0.3) is 0 Å². The molecule has 5 heteroatoms. The molecule has 0 fully saturated rings. The number of hydrogen-bond donors (Lipinski definition) is 3. The van der Waals surface area contributed by atoms with E-state index < -0.39 is 11.5 Å². The third kappa shape index (κ3) is 5.56. The highest BCUT2D eigenvalue weighted by Gasteiger charge is 2.34. The van der Waals surface area contributed by atoms with E-state index in [1.54, 1.807) is 12.1 Å². The Bertz CT molecular complexity index is 444. The van der Waals surface area contributed by atoms with Gasteiger partial charge in [-0.15, -0.1) is 0 Å². The molecule has 3 N–H and O–H groups in total. The Morgan fingerprint density at radius 1 is 1.19 bits per heavy atom. The van der Waals surface area contributed by atoms with Crippen molar-refractivity contribution in [1.29, 1.82) is 0 Å². The van der Waals surface area contributed by atoms with Gasteiger partial charge in [0.05, 0.1) is 10.7 Å². The van der Waals surface area contributed by atoms with Gasteiger partial charge in [-0.1, -0.05) is 63.3 Å². The number of nitrogens with one attached hydrogen (secondary N) is 2. The van der Waals surface area contributed by atoms with Gasteiger partial charge in [0, 0.05) is 0 Å². The predicted octanol–water partition coefficient (Wildman–Crippen LogP) is 3.89. The Hall–Kier alpha value is -1.26. The number of halogens is 1. The Morgan fingerprint density at radius 2 is 1.76 bits per heavy atom. The minimum Gasteiger partial charge on any atom is -0.380 e. The number of para-hydroxylation sites is 1. The summed E-state index contributed by atoms with van der Waals surface area (Å²) < 4.78 is 0. The summed E-state index contributed by atoms with van der Waals surface area (Å²) in [6.45, 7) is 4.08. The topological polar surface area (TPSA) is 61.4 Å². The minimum absolute atomic E-state index is 0.399. The smallest absolute Gasteiger partial charge is 0.270 e. The van der Waals surface area contributed by atoms with E-state index in [2.05, 4.69) is 10.9 Å². The number of anilines is 1. The molecule has 0 aliphatic rings. The number of rotatable bonds is 9. The minimum atomic E-state index is -1.32. The molecule has 0 radical (unpaired) electrons. The van der Waals surface area contributed by atoms with Crippen molar-refractivity contribution >= 4 is 23.2 Å². The number of unbranched alkanes of at least 4 members (excludes halogenated alkanes) is 2. The lowest BCUT2D eigenvalue weighted by Crippen LogP contribution is -2.48. The molecule has 21 heavy (non-hydrogen) atoms. The summed E-state index contributed by atoms with van der Waals surface area (Å²) in [7, 11) is 0. The monoisotopic (exact) mass is 312 g/mol. The van der Waals surface area contributed by atoms with Crippen molar-refractivity contribution in [3.63, 3.8) is 0 Å². The average Bonchev–Trinajstić information content (AvgIpc) is 2.49. The van der Waals surface area contributed by atoms with Gasteiger partial charge in [0.2, 0.25) is 0 Å². The van der Waals surface area contributed by atoms with E-state index in [1.165, 1.54) is 0 Å². The first-order valence-corrected chi connectivity index (χ1v) is 7.94. The third-order valence-corrected chi connectivity index (χ3v) is 3.82. The molecule has 1 aromatic rings. The number of hydrogen-bond acceptors (Lipinski definition) is 3. The summed E-state index contributed by atoms with van der Waals surface area (Å²) in [5.41, 5.74) is 4.65. The van der Waals surface area contributed by atoms with E-state index in [9.17, 15) is 9.90 Å². The zero-order valence-corrected chi connectivity index (χ0v) is 13.5. The standard InChI is InChI=1S/C16H25ClN2O2/c1-3-5-11-16(21,12-6-4-2)15(20)19-18-14-10-8-7-9-13(14)17/h7-10,18,21H,3-6,11-12H2,1-2H3,(H,19,20). The highest BCUT2D eigenvalue weighted by atomic mass is 35.5. The molecule has 4 nitrogen and oxygen atoms in total. The number of amides is 1. The summed E-state index contributed by atoms with van der Waals surface area (Å²) in [6.07, 6.45) is 4.47. The highest BCUT2D eigenvalue weighted by molar-refractivity contribution is 6.33. The molecule has 0 unspecified atom stereocenters. The SMILES string of the molecule is CCCCC(O)(CCCC)C(=O)NNc1ccccc1Cl. The zero-order valence-electron chi connectivity index (χ0n) is 12.8. The first-order valence-electron chi connectivity index (χ1n) is 7.57. The Kier molecular flexibility index (Phi) is 7.54. The summed E-state index contributed by atoms with van der Waals surface area (Å²) in [4.78, 5) is 12.3. The van der Waals surface area contributed by atoms with Gasteiger partial charge in [0.15, 0.2) is 0 Å². The largest absolute Gasteiger partial charge is 0.380 e. The first kappa shape index (κ1) is 17.8. The van der Waals surface area contributed by atoms with Crippen LogP contribution in [0.1, 0.15) is 52.4 Å². The second-order valence-electron chi connectivity index (χ2n) is 5.30. The second-order valence-corrected chi connectivity index (χ2v) is 5.70. The average molecular weight is 313 g/mol. The molecule has 0 aliphatic heterocycles. The van der Waals surface area contributed by atoms with E-state index in [4.69, 9.17) is 11.6 Å². The summed E-state index contributed by atoms with van der Waals surface area (Å²) in [6, 6.07) is 7.13. The number of carbonyl (C=O) groups is 1. The van der Waals surface area contributed by atoms with Crippen LogP contribution in [-0.2, 0) is 4.79 Å². The van der Waals surface area contributed by atoms with Gasteiger partial charge in [0.25, 0.3) is 5.91 Å². The third-order valence-electron chi connectivity index (χ3n) is 3.50. The second kappa shape index (κ2) is 8.90. The fraction of sp³-hybridized carbons (Fsp3) is 0.562. The number of benzene rings is 1. The van der Waals surface area contributed by atoms with Gasteiger partial charge in [-0.25, -0.2) is 0 Å². The molecule has 0 spiro atoms. The lowest BCUT2D eigenvalue weighted by molar-refractivity contribution is -0.141. The molecular weight excluding hydrogens is 288 g/mol. The molecule has 118 valence electrons. The number of aliphatic hydroxyl groups is 1. The maximum atomic E-state index is 12.3. The summed E-state index contributed by atoms with van der Waals surface area (Å²) >= 11 is 6.01. The van der Waals surface area contributed by atoms with Crippen molar-refractivity contribution in [2.75, 3.05) is 5.43 Å². The molecule has 1 amide bonds. The molecule has 0 bridgehead atoms. The molecule has 0 saturated carbocycles. The Labute approximate surface area is 131 Å². The lowest BCUT2D eigenvalue weighted by atomic mass is 9.90. The molecular formula is C16H25ClN2O2. The van der Waals surface area contributed by atoms with Gasteiger partial charge < -0.3 is 5.11 Å². The van der Waals surface area contributed by atoms with Crippen LogP contribution in [0.15, 0.2) is 24.3 Å². The van der Waals surface area contributed by atoms with Crippen molar-refractivity contribution in [2.45, 2.75) is 58.0 Å². The van der Waals surface area contributed by atoms with Crippen molar-refractivity contribution in [1.82, 2.24) is 5.43 Å². The highest BCUT2D eigenvalue weighted by Crippen LogP contribution is 2.23. The summed E-state index contributed by atoms with van der Waals surface area (Å²) in [5.74, 6) is -0.399. The number of hydrazine groups is 1. The van der Waals surface area contributed by atoms with E-state index >= 15 is 0 Å². The van der Waals surface area contributed by atoms with Crippen LogP contribution < -0.4 is 10.9 Å². The van der Waals surface area contributed by atoms with Crippen LogP contribution >= 0.6 is 11.6 Å².